The predicted molar refractivity (Wildman–Crippen MR) is 93.0 cm³/mol. The molecule has 1 aromatic heterocycles. The number of benzene rings is 1. The second-order valence-corrected chi connectivity index (χ2v) is 5.62. The van der Waals surface area contributed by atoms with Crippen molar-refractivity contribution >= 4 is 11.9 Å². The van der Waals surface area contributed by atoms with Gasteiger partial charge in [-0.15, -0.1) is 0 Å². The lowest BCUT2D eigenvalue weighted by atomic mass is 10.2. The van der Waals surface area contributed by atoms with E-state index in [2.05, 4.69) is 5.10 Å². The number of carbonyl (C=O) groups excluding carboxylic acids is 2. The lowest BCUT2D eigenvalue weighted by molar-refractivity contribution is -0.147. The van der Waals surface area contributed by atoms with Gasteiger partial charge in [0.1, 0.15) is 11.8 Å². The van der Waals surface area contributed by atoms with Crippen LogP contribution in [0.5, 0.6) is 5.75 Å². The average molecular weight is 345 g/mol. The van der Waals surface area contributed by atoms with Gasteiger partial charge in [-0.05, 0) is 51.1 Å². The third-order valence-corrected chi connectivity index (χ3v) is 3.95. The molecule has 0 aliphatic heterocycles. The molecule has 0 bridgehead atoms. The van der Waals surface area contributed by atoms with Crippen LogP contribution in [0, 0.1) is 6.92 Å². The van der Waals surface area contributed by atoms with Gasteiger partial charge in [0.2, 0.25) is 0 Å². The Balaban J connectivity index is 2.23. The van der Waals surface area contributed by atoms with E-state index in [0.29, 0.717) is 0 Å². The molecule has 7 heteroatoms. The molecule has 25 heavy (non-hydrogen) atoms. The number of carbonyl (C=O) groups is 2. The number of aromatic nitrogens is 2. The predicted octanol–water partition coefficient (Wildman–Crippen LogP) is 2.21. The molecule has 0 saturated carbocycles. The van der Waals surface area contributed by atoms with E-state index in [9.17, 15) is 9.59 Å². The summed E-state index contributed by atoms with van der Waals surface area (Å²) in [5.74, 6) is -0.0339. The highest BCUT2D eigenvalue weighted by Gasteiger charge is 2.26. The zero-order chi connectivity index (χ0) is 18.6. The van der Waals surface area contributed by atoms with Crippen molar-refractivity contribution in [1.82, 2.24) is 14.7 Å². The quantitative estimate of drug-likeness (QED) is 0.751. The lowest BCUT2D eigenvalue weighted by Gasteiger charge is -2.22. The summed E-state index contributed by atoms with van der Waals surface area (Å²) in [6.07, 6.45) is 0. The van der Waals surface area contributed by atoms with E-state index < -0.39 is 12.0 Å². The first-order chi connectivity index (χ1) is 11.9. The standard InChI is InChI=1S/C18H23N3O4/c1-6-25-18(23)13(3)20(4)17(22)16-11-12(2)21(19-16)14-7-9-15(24-5)10-8-14/h7-11,13H,6H2,1-5H3/t13-/m0/s1. The summed E-state index contributed by atoms with van der Waals surface area (Å²) < 4.78 is 11.8. The fourth-order valence-corrected chi connectivity index (χ4v) is 2.34. The molecule has 1 aromatic carbocycles. The van der Waals surface area contributed by atoms with Gasteiger partial charge in [-0.25, -0.2) is 9.48 Å². The fraction of sp³-hybridized carbons (Fsp3) is 0.389. The first-order valence-electron chi connectivity index (χ1n) is 8.04. The number of hydrogen-bond donors (Lipinski definition) is 0. The van der Waals surface area contributed by atoms with Gasteiger partial charge in [0.25, 0.3) is 5.91 Å². The molecule has 0 N–H and O–H groups in total. The highest BCUT2D eigenvalue weighted by atomic mass is 16.5. The van der Waals surface area contributed by atoms with Crippen molar-refractivity contribution in [1.29, 1.82) is 0 Å². The molecule has 0 fully saturated rings. The van der Waals surface area contributed by atoms with Gasteiger partial charge in [-0.3, -0.25) is 4.79 Å². The van der Waals surface area contributed by atoms with Crippen LogP contribution in [0.25, 0.3) is 5.69 Å². The maximum Gasteiger partial charge on any atom is 0.328 e. The van der Waals surface area contributed by atoms with Crippen molar-refractivity contribution in [3.63, 3.8) is 0 Å². The minimum absolute atomic E-state index is 0.270. The van der Waals surface area contributed by atoms with Crippen molar-refractivity contribution < 1.29 is 19.1 Å². The van der Waals surface area contributed by atoms with Crippen LogP contribution in [-0.4, -0.2) is 53.4 Å². The van der Waals surface area contributed by atoms with Crippen LogP contribution in [0.15, 0.2) is 30.3 Å². The number of rotatable bonds is 6. The Bertz CT molecular complexity index is 752. The molecule has 7 nitrogen and oxygen atoms in total. The monoisotopic (exact) mass is 345 g/mol. The summed E-state index contributed by atoms with van der Waals surface area (Å²) in [5.41, 5.74) is 1.90. The molecule has 1 amide bonds. The highest BCUT2D eigenvalue weighted by Crippen LogP contribution is 2.17. The molecular formula is C18H23N3O4. The summed E-state index contributed by atoms with van der Waals surface area (Å²) in [6, 6.07) is 8.38. The summed E-state index contributed by atoms with van der Waals surface area (Å²) in [5, 5.41) is 4.38. The first kappa shape index (κ1) is 18.5. The number of methoxy groups -OCH3 is 1. The number of amides is 1. The maximum absolute atomic E-state index is 12.6. The Morgan fingerprint density at radius 3 is 2.48 bits per heavy atom. The Hall–Kier alpha value is -2.83. The van der Waals surface area contributed by atoms with Crippen LogP contribution in [0.3, 0.4) is 0 Å². The molecule has 0 spiro atoms. The van der Waals surface area contributed by atoms with E-state index in [-0.39, 0.29) is 18.2 Å². The molecule has 1 heterocycles. The van der Waals surface area contributed by atoms with Crippen LogP contribution in [-0.2, 0) is 9.53 Å². The van der Waals surface area contributed by atoms with Gasteiger partial charge >= 0.3 is 5.97 Å². The van der Waals surface area contributed by atoms with Crippen molar-refractivity contribution in [3.8, 4) is 11.4 Å². The van der Waals surface area contributed by atoms with Crippen molar-refractivity contribution in [2.24, 2.45) is 0 Å². The molecule has 2 aromatic rings. The maximum atomic E-state index is 12.6. The topological polar surface area (TPSA) is 73.7 Å². The molecule has 0 radical (unpaired) electrons. The van der Waals surface area contributed by atoms with E-state index in [1.807, 2.05) is 31.2 Å². The van der Waals surface area contributed by atoms with E-state index >= 15 is 0 Å². The summed E-state index contributed by atoms with van der Waals surface area (Å²) in [7, 11) is 3.16. The number of aryl methyl sites for hydroxylation is 1. The third kappa shape index (κ3) is 3.99. The van der Waals surface area contributed by atoms with Gasteiger partial charge in [0.15, 0.2) is 5.69 Å². The third-order valence-electron chi connectivity index (χ3n) is 3.95. The summed E-state index contributed by atoms with van der Waals surface area (Å²) in [6.45, 7) is 5.49. The summed E-state index contributed by atoms with van der Waals surface area (Å²) in [4.78, 5) is 25.8. The SMILES string of the molecule is CCOC(=O)[C@H](C)N(C)C(=O)c1cc(C)n(-c2ccc(OC)cc2)n1. The van der Waals surface area contributed by atoms with Crippen LogP contribution >= 0.6 is 0 Å². The number of ether oxygens (including phenoxy) is 2. The van der Waals surface area contributed by atoms with Gasteiger partial charge in [-0.2, -0.15) is 5.10 Å². The number of esters is 1. The second-order valence-electron chi connectivity index (χ2n) is 5.62. The van der Waals surface area contributed by atoms with Gasteiger partial charge in [0.05, 0.1) is 19.4 Å². The van der Waals surface area contributed by atoms with E-state index in [1.165, 1.54) is 4.90 Å². The van der Waals surface area contributed by atoms with Crippen LogP contribution in [0.1, 0.15) is 30.0 Å². The molecule has 134 valence electrons. The average Bonchev–Trinajstić information content (AvgIpc) is 3.01. The first-order valence-corrected chi connectivity index (χ1v) is 8.04. The Morgan fingerprint density at radius 1 is 1.28 bits per heavy atom. The second kappa shape index (κ2) is 7.83. The summed E-state index contributed by atoms with van der Waals surface area (Å²) >= 11 is 0. The van der Waals surface area contributed by atoms with Gasteiger partial charge in [-0.1, -0.05) is 0 Å². The fourth-order valence-electron chi connectivity index (χ4n) is 2.34. The normalized spacial score (nSPS) is 11.7. The van der Waals surface area contributed by atoms with Crippen LogP contribution in [0.4, 0.5) is 0 Å². The van der Waals surface area contributed by atoms with E-state index in [1.54, 1.807) is 38.8 Å². The minimum atomic E-state index is -0.682. The number of likely N-dealkylation sites (N-methyl/N-ethyl adjacent to an activating group) is 1. The number of nitrogens with zero attached hydrogens (tertiary/aromatic N) is 3. The molecule has 0 unspecified atom stereocenters. The van der Waals surface area contributed by atoms with Crippen LogP contribution in [0.2, 0.25) is 0 Å². The van der Waals surface area contributed by atoms with E-state index in [4.69, 9.17) is 9.47 Å². The molecule has 0 aliphatic carbocycles. The Morgan fingerprint density at radius 2 is 1.92 bits per heavy atom. The zero-order valence-electron chi connectivity index (χ0n) is 15.1. The van der Waals surface area contributed by atoms with Crippen molar-refractivity contribution in [3.05, 3.63) is 41.7 Å². The molecular weight excluding hydrogens is 322 g/mol. The van der Waals surface area contributed by atoms with Crippen molar-refractivity contribution in [2.45, 2.75) is 26.8 Å². The minimum Gasteiger partial charge on any atom is -0.497 e. The molecule has 1 atom stereocenters. The lowest BCUT2D eigenvalue weighted by Crippen LogP contribution is -2.41. The number of hydrogen-bond acceptors (Lipinski definition) is 5. The van der Waals surface area contributed by atoms with Crippen LogP contribution < -0.4 is 4.74 Å². The Labute approximate surface area is 147 Å². The van der Waals surface area contributed by atoms with Crippen molar-refractivity contribution in [2.75, 3.05) is 20.8 Å². The smallest absolute Gasteiger partial charge is 0.328 e. The zero-order valence-corrected chi connectivity index (χ0v) is 15.1. The van der Waals surface area contributed by atoms with Gasteiger partial charge in [0, 0.05) is 12.7 Å². The Kier molecular flexibility index (Phi) is 5.80. The molecule has 0 aliphatic rings. The van der Waals surface area contributed by atoms with E-state index in [0.717, 1.165) is 17.1 Å². The highest BCUT2D eigenvalue weighted by molar-refractivity contribution is 5.95. The largest absolute Gasteiger partial charge is 0.497 e. The van der Waals surface area contributed by atoms with Gasteiger partial charge < -0.3 is 14.4 Å². The molecule has 0 saturated heterocycles. The molecule has 2 rings (SSSR count).